The zero-order chi connectivity index (χ0) is 12.3. The maximum atomic E-state index is 6.31. The lowest BCUT2D eigenvalue weighted by molar-refractivity contribution is 0.172. The molecule has 1 unspecified atom stereocenters. The summed E-state index contributed by atoms with van der Waals surface area (Å²) in [6, 6.07) is 1.29. The molecule has 2 N–H and O–H groups in total. The van der Waals surface area contributed by atoms with Gasteiger partial charge >= 0.3 is 0 Å². The molecule has 0 aromatic rings. The van der Waals surface area contributed by atoms with Crippen LogP contribution in [0.1, 0.15) is 58.8 Å². The van der Waals surface area contributed by atoms with E-state index < -0.39 is 0 Å². The molecule has 2 aliphatic rings. The van der Waals surface area contributed by atoms with Crippen LogP contribution in [0.2, 0.25) is 0 Å². The van der Waals surface area contributed by atoms with Crippen LogP contribution in [0.5, 0.6) is 0 Å². The quantitative estimate of drug-likeness (QED) is 0.739. The molecule has 0 saturated heterocycles. The van der Waals surface area contributed by atoms with Crippen molar-refractivity contribution in [3.63, 3.8) is 0 Å². The van der Waals surface area contributed by atoms with Crippen LogP contribution in [-0.2, 0) is 0 Å². The Hall–Kier alpha value is -0.0800. The van der Waals surface area contributed by atoms with Crippen LogP contribution in [0.3, 0.4) is 0 Å². The van der Waals surface area contributed by atoms with Crippen LogP contribution in [0.25, 0.3) is 0 Å². The lowest BCUT2D eigenvalue weighted by Crippen LogP contribution is -2.44. The van der Waals surface area contributed by atoms with E-state index in [1.54, 1.807) is 0 Å². The van der Waals surface area contributed by atoms with E-state index in [2.05, 4.69) is 18.7 Å². The van der Waals surface area contributed by atoms with Crippen LogP contribution in [0, 0.1) is 11.8 Å². The summed E-state index contributed by atoms with van der Waals surface area (Å²) in [5.74, 6) is 1.66. The van der Waals surface area contributed by atoms with Crippen LogP contribution < -0.4 is 5.73 Å². The SMILES string of the molecule is CC(C)CCN(CC(N)C1CC1)C1CCCC1. The van der Waals surface area contributed by atoms with Crippen LogP contribution in [0.15, 0.2) is 0 Å². The molecule has 2 nitrogen and oxygen atoms in total. The summed E-state index contributed by atoms with van der Waals surface area (Å²) in [6.07, 6.45) is 9.77. The van der Waals surface area contributed by atoms with Gasteiger partial charge in [0.15, 0.2) is 0 Å². The molecule has 100 valence electrons. The Morgan fingerprint density at radius 2 is 1.76 bits per heavy atom. The van der Waals surface area contributed by atoms with Gasteiger partial charge in [-0.1, -0.05) is 26.7 Å². The number of nitrogens with two attached hydrogens (primary N) is 1. The highest BCUT2D eigenvalue weighted by molar-refractivity contribution is 4.88. The molecule has 2 rings (SSSR count). The minimum atomic E-state index is 0.447. The summed E-state index contributed by atoms with van der Waals surface area (Å²) < 4.78 is 0. The molecule has 1 atom stereocenters. The molecule has 0 bridgehead atoms. The van der Waals surface area contributed by atoms with Crippen molar-refractivity contribution in [2.75, 3.05) is 13.1 Å². The first-order chi connectivity index (χ1) is 8.16. The summed E-state index contributed by atoms with van der Waals surface area (Å²) >= 11 is 0. The first-order valence-electron chi connectivity index (χ1n) is 7.66. The van der Waals surface area contributed by atoms with Crippen LogP contribution >= 0.6 is 0 Å². The Kier molecular flexibility index (Phi) is 4.87. The van der Waals surface area contributed by atoms with Crippen LogP contribution in [-0.4, -0.2) is 30.1 Å². The molecule has 0 aromatic carbocycles. The molecule has 2 saturated carbocycles. The molecular weight excluding hydrogens is 208 g/mol. The van der Waals surface area contributed by atoms with Gasteiger partial charge in [-0.05, 0) is 50.5 Å². The van der Waals surface area contributed by atoms with Crippen molar-refractivity contribution in [2.24, 2.45) is 17.6 Å². The molecule has 0 spiro atoms. The molecule has 2 aliphatic carbocycles. The van der Waals surface area contributed by atoms with E-state index in [9.17, 15) is 0 Å². The average Bonchev–Trinajstić information content (AvgIpc) is 3.00. The fraction of sp³-hybridized carbons (Fsp3) is 1.00. The molecule has 0 amide bonds. The molecule has 0 aliphatic heterocycles. The van der Waals surface area contributed by atoms with Gasteiger partial charge in [0.25, 0.3) is 0 Å². The Morgan fingerprint density at radius 3 is 2.29 bits per heavy atom. The zero-order valence-corrected chi connectivity index (χ0v) is 11.7. The highest BCUT2D eigenvalue weighted by Gasteiger charge is 2.32. The fourth-order valence-electron chi connectivity index (χ4n) is 3.06. The van der Waals surface area contributed by atoms with Gasteiger partial charge in [-0.15, -0.1) is 0 Å². The van der Waals surface area contributed by atoms with Gasteiger partial charge in [0.1, 0.15) is 0 Å². The fourth-order valence-corrected chi connectivity index (χ4v) is 3.06. The highest BCUT2D eigenvalue weighted by Crippen LogP contribution is 2.33. The second kappa shape index (κ2) is 6.19. The van der Waals surface area contributed by atoms with Gasteiger partial charge in [-0.3, -0.25) is 4.90 Å². The van der Waals surface area contributed by atoms with E-state index in [0.717, 1.165) is 24.4 Å². The minimum absolute atomic E-state index is 0.447. The molecule has 0 heterocycles. The lowest BCUT2D eigenvalue weighted by atomic mass is 10.1. The molecule has 17 heavy (non-hydrogen) atoms. The Balaban J connectivity index is 1.81. The van der Waals surface area contributed by atoms with E-state index in [-0.39, 0.29) is 0 Å². The first-order valence-corrected chi connectivity index (χ1v) is 7.66. The molecule has 0 aromatic heterocycles. The second-order valence-electron chi connectivity index (χ2n) is 6.62. The summed E-state index contributed by atoms with van der Waals surface area (Å²) in [4.78, 5) is 2.72. The Labute approximate surface area is 107 Å². The summed E-state index contributed by atoms with van der Waals surface area (Å²) in [5.41, 5.74) is 6.31. The van der Waals surface area contributed by atoms with Crippen molar-refractivity contribution in [1.29, 1.82) is 0 Å². The van der Waals surface area contributed by atoms with E-state index in [0.29, 0.717) is 6.04 Å². The summed E-state index contributed by atoms with van der Waals surface area (Å²) in [7, 11) is 0. The van der Waals surface area contributed by atoms with Gasteiger partial charge in [0.05, 0.1) is 0 Å². The molecule has 2 heteroatoms. The number of hydrogen-bond donors (Lipinski definition) is 1. The number of nitrogens with zero attached hydrogens (tertiary/aromatic N) is 1. The predicted octanol–water partition coefficient (Wildman–Crippen LogP) is 3.01. The van der Waals surface area contributed by atoms with Crippen molar-refractivity contribution in [2.45, 2.75) is 70.9 Å². The largest absolute Gasteiger partial charge is 0.326 e. The predicted molar refractivity (Wildman–Crippen MR) is 74.0 cm³/mol. The molecule has 0 radical (unpaired) electrons. The second-order valence-corrected chi connectivity index (χ2v) is 6.62. The third-order valence-corrected chi connectivity index (χ3v) is 4.51. The van der Waals surface area contributed by atoms with E-state index >= 15 is 0 Å². The monoisotopic (exact) mass is 238 g/mol. The molecular formula is C15H30N2. The third-order valence-electron chi connectivity index (χ3n) is 4.51. The van der Waals surface area contributed by atoms with Crippen molar-refractivity contribution >= 4 is 0 Å². The third kappa shape index (κ3) is 4.26. The van der Waals surface area contributed by atoms with Crippen molar-refractivity contribution < 1.29 is 0 Å². The van der Waals surface area contributed by atoms with Crippen molar-refractivity contribution in [3.8, 4) is 0 Å². The van der Waals surface area contributed by atoms with Gasteiger partial charge in [0, 0.05) is 18.6 Å². The standard InChI is InChI=1S/C15H30N2/c1-12(2)9-10-17(14-5-3-4-6-14)11-15(16)13-7-8-13/h12-15H,3-11,16H2,1-2H3. The van der Waals surface area contributed by atoms with Gasteiger partial charge in [-0.2, -0.15) is 0 Å². The van der Waals surface area contributed by atoms with E-state index in [4.69, 9.17) is 5.73 Å². The topological polar surface area (TPSA) is 29.3 Å². The Morgan fingerprint density at radius 1 is 1.12 bits per heavy atom. The summed E-state index contributed by atoms with van der Waals surface area (Å²) in [6.45, 7) is 7.08. The van der Waals surface area contributed by atoms with Gasteiger partial charge < -0.3 is 5.73 Å². The van der Waals surface area contributed by atoms with Gasteiger partial charge in [-0.25, -0.2) is 0 Å². The minimum Gasteiger partial charge on any atom is -0.326 e. The van der Waals surface area contributed by atoms with Crippen molar-refractivity contribution in [3.05, 3.63) is 0 Å². The maximum Gasteiger partial charge on any atom is 0.0196 e. The average molecular weight is 238 g/mol. The Bertz CT molecular complexity index is 217. The zero-order valence-electron chi connectivity index (χ0n) is 11.7. The highest BCUT2D eigenvalue weighted by atomic mass is 15.2. The smallest absolute Gasteiger partial charge is 0.0196 e. The van der Waals surface area contributed by atoms with Gasteiger partial charge in [0.2, 0.25) is 0 Å². The molecule has 2 fully saturated rings. The van der Waals surface area contributed by atoms with Crippen LogP contribution in [0.4, 0.5) is 0 Å². The van der Waals surface area contributed by atoms with E-state index in [1.165, 1.54) is 51.5 Å². The first kappa shape index (κ1) is 13.4. The number of hydrogen-bond acceptors (Lipinski definition) is 2. The summed E-state index contributed by atoms with van der Waals surface area (Å²) in [5, 5.41) is 0. The normalized spacial score (nSPS) is 23.8. The lowest BCUT2D eigenvalue weighted by Gasteiger charge is -2.31. The maximum absolute atomic E-state index is 6.31. The van der Waals surface area contributed by atoms with Crippen molar-refractivity contribution in [1.82, 2.24) is 4.90 Å². The van der Waals surface area contributed by atoms with E-state index in [1.807, 2.05) is 0 Å². The number of rotatable bonds is 7.